The Kier molecular flexibility index (Phi) is 3.30. The van der Waals surface area contributed by atoms with Crippen molar-refractivity contribution in [2.45, 2.75) is 31.8 Å². The number of aromatic nitrogens is 2. The van der Waals surface area contributed by atoms with Crippen molar-refractivity contribution in [1.82, 2.24) is 14.5 Å². The molecule has 0 aliphatic carbocycles. The molecule has 2 aromatic rings. The maximum absolute atomic E-state index is 6.15. The van der Waals surface area contributed by atoms with E-state index in [-0.39, 0.29) is 0 Å². The number of imidazole rings is 1. The Hall–Kier alpha value is -1.75. The van der Waals surface area contributed by atoms with Crippen LogP contribution in [0, 0.1) is 0 Å². The minimum absolute atomic E-state index is 0.415. The number of fused-ring (bicyclic) bond motifs is 1. The third-order valence-corrected chi connectivity index (χ3v) is 4.47. The Morgan fingerprint density at radius 2 is 2.20 bits per heavy atom. The van der Waals surface area contributed by atoms with E-state index in [4.69, 9.17) is 10.5 Å². The number of anilines is 1. The van der Waals surface area contributed by atoms with Gasteiger partial charge in [-0.3, -0.25) is 0 Å². The lowest BCUT2D eigenvalue weighted by atomic mass is 9.98. The quantitative estimate of drug-likeness (QED) is 0.913. The average Bonchev–Trinajstić information content (AvgIpc) is 2.77. The lowest BCUT2D eigenvalue weighted by molar-refractivity contribution is 0.159. The number of methoxy groups -OCH3 is 1. The monoisotopic (exact) mass is 274 g/mol. The number of piperidine rings is 1. The van der Waals surface area contributed by atoms with Crippen LogP contribution in [0.2, 0.25) is 0 Å². The van der Waals surface area contributed by atoms with Crippen LogP contribution in [0.3, 0.4) is 0 Å². The molecule has 20 heavy (non-hydrogen) atoms. The van der Waals surface area contributed by atoms with Gasteiger partial charge in [-0.2, -0.15) is 0 Å². The topological polar surface area (TPSA) is 56.3 Å². The van der Waals surface area contributed by atoms with Gasteiger partial charge in [0.1, 0.15) is 5.75 Å². The molecule has 1 aliphatic heterocycles. The van der Waals surface area contributed by atoms with Crippen LogP contribution < -0.4 is 10.5 Å². The van der Waals surface area contributed by atoms with Gasteiger partial charge in [-0.05, 0) is 38.9 Å². The molecule has 2 unspecified atom stereocenters. The summed E-state index contributed by atoms with van der Waals surface area (Å²) in [7, 11) is 3.86. The van der Waals surface area contributed by atoms with E-state index >= 15 is 0 Å². The van der Waals surface area contributed by atoms with Crippen molar-refractivity contribution in [1.29, 1.82) is 0 Å². The first kappa shape index (κ1) is 13.2. The van der Waals surface area contributed by atoms with Gasteiger partial charge in [0.15, 0.2) is 0 Å². The lowest BCUT2D eigenvalue weighted by Gasteiger charge is -2.36. The fourth-order valence-corrected chi connectivity index (χ4v) is 3.10. The molecule has 5 nitrogen and oxygen atoms in total. The predicted octanol–water partition coefficient (Wildman–Crippen LogP) is 2.28. The first-order valence-electron chi connectivity index (χ1n) is 7.12. The van der Waals surface area contributed by atoms with Crippen molar-refractivity contribution in [3.05, 3.63) is 18.2 Å². The number of benzene rings is 1. The largest absolute Gasteiger partial charge is 0.497 e. The Morgan fingerprint density at radius 1 is 1.40 bits per heavy atom. The molecule has 1 saturated heterocycles. The average molecular weight is 274 g/mol. The second-order valence-electron chi connectivity index (χ2n) is 5.70. The van der Waals surface area contributed by atoms with Crippen LogP contribution in [0.1, 0.15) is 25.8 Å². The number of rotatable bonds is 2. The molecule has 108 valence electrons. The maximum atomic E-state index is 6.15. The normalized spacial score (nSPS) is 24.1. The zero-order valence-electron chi connectivity index (χ0n) is 12.3. The van der Waals surface area contributed by atoms with Gasteiger partial charge in [-0.1, -0.05) is 0 Å². The van der Waals surface area contributed by atoms with Crippen molar-refractivity contribution in [2.24, 2.45) is 0 Å². The van der Waals surface area contributed by atoms with Crippen LogP contribution in [0.5, 0.6) is 5.75 Å². The van der Waals surface area contributed by atoms with E-state index in [1.807, 2.05) is 18.2 Å². The van der Waals surface area contributed by atoms with Crippen molar-refractivity contribution in [3.8, 4) is 5.75 Å². The second kappa shape index (κ2) is 4.98. The molecule has 5 heteroatoms. The van der Waals surface area contributed by atoms with E-state index < -0.39 is 0 Å². The number of nitrogen functional groups attached to an aromatic ring is 1. The van der Waals surface area contributed by atoms with E-state index in [1.165, 1.54) is 0 Å². The molecule has 2 atom stereocenters. The summed E-state index contributed by atoms with van der Waals surface area (Å²) in [5, 5.41) is 0. The van der Waals surface area contributed by atoms with Gasteiger partial charge < -0.3 is 19.9 Å². The van der Waals surface area contributed by atoms with Gasteiger partial charge in [-0.25, -0.2) is 4.98 Å². The van der Waals surface area contributed by atoms with Crippen molar-refractivity contribution >= 4 is 17.0 Å². The van der Waals surface area contributed by atoms with Crippen LogP contribution in [-0.2, 0) is 0 Å². The standard InChI is InChI=1S/C15H22N4O/c1-10-8-11(6-7-18(10)2)19-14-9-12(20-3)4-5-13(14)17-15(19)16/h4-5,9-11H,6-8H2,1-3H3,(H2,16,17). The number of likely N-dealkylation sites (tertiary alicyclic amines) is 1. The van der Waals surface area contributed by atoms with Gasteiger partial charge in [0, 0.05) is 24.7 Å². The van der Waals surface area contributed by atoms with Crippen LogP contribution >= 0.6 is 0 Å². The molecule has 0 radical (unpaired) electrons. The first-order valence-corrected chi connectivity index (χ1v) is 7.12. The molecule has 1 fully saturated rings. The second-order valence-corrected chi connectivity index (χ2v) is 5.70. The van der Waals surface area contributed by atoms with E-state index in [1.54, 1.807) is 7.11 Å². The van der Waals surface area contributed by atoms with E-state index in [2.05, 4.69) is 28.4 Å². The predicted molar refractivity (Wildman–Crippen MR) is 81.1 cm³/mol. The molecule has 0 spiro atoms. The summed E-state index contributed by atoms with van der Waals surface area (Å²) in [5.74, 6) is 1.45. The van der Waals surface area contributed by atoms with Crippen LogP contribution in [0.15, 0.2) is 18.2 Å². The SMILES string of the molecule is COc1ccc2nc(N)n(C3CCN(C)C(C)C3)c2c1. The number of hydrogen-bond donors (Lipinski definition) is 1. The zero-order valence-corrected chi connectivity index (χ0v) is 12.3. The highest BCUT2D eigenvalue weighted by Crippen LogP contribution is 2.33. The number of ether oxygens (including phenoxy) is 1. The fraction of sp³-hybridized carbons (Fsp3) is 0.533. The highest BCUT2D eigenvalue weighted by atomic mass is 16.5. The van der Waals surface area contributed by atoms with E-state index in [0.717, 1.165) is 36.2 Å². The molecule has 1 aromatic carbocycles. The number of hydrogen-bond acceptors (Lipinski definition) is 4. The van der Waals surface area contributed by atoms with Gasteiger partial charge in [-0.15, -0.1) is 0 Å². The summed E-state index contributed by atoms with van der Waals surface area (Å²) in [4.78, 5) is 6.87. The van der Waals surface area contributed by atoms with Crippen molar-refractivity contribution in [3.63, 3.8) is 0 Å². The molecular weight excluding hydrogens is 252 g/mol. The Labute approximate surface area is 119 Å². The van der Waals surface area contributed by atoms with Gasteiger partial charge in [0.25, 0.3) is 0 Å². The molecule has 1 aliphatic rings. The minimum Gasteiger partial charge on any atom is -0.497 e. The van der Waals surface area contributed by atoms with E-state index in [0.29, 0.717) is 18.0 Å². The number of nitrogens with two attached hydrogens (primary N) is 1. The molecule has 0 amide bonds. The molecule has 0 saturated carbocycles. The molecule has 2 heterocycles. The Morgan fingerprint density at radius 3 is 2.90 bits per heavy atom. The summed E-state index contributed by atoms with van der Waals surface area (Å²) in [6.07, 6.45) is 2.21. The highest BCUT2D eigenvalue weighted by Gasteiger charge is 2.26. The van der Waals surface area contributed by atoms with Crippen LogP contribution in [0.4, 0.5) is 5.95 Å². The maximum Gasteiger partial charge on any atom is 0.201 e. The molecule has 1 aromatic heterocycles. The van der Waals surface area contributed by atoms with Gasteiger partial charge >= 0.3 is 0 Å². The van der Waals surface area contributed by atoms with Gasteiger partial charge in [0.2, 0.25) is 5.95 Å². The molecular formula is C15H22N4O. The van der Waals surface area contributed by atoms with Gasteiger partial charge in [0.05, 0.1) is 18.1 Å². The summed E-state index contributed by atoms with van der Waals surface area (Å²) < 4.78 is 7.50. The summed E-state index contributed by atoms with van der Waals surface area (Å²) in [6, 6.07) is 6.91. The summed E-state index contributed by atoms with van der Waals surface area (Å²) >= 11 is 0. The molecule has 0 bridgehead atoms. The first-order chi connectivity index (χ1) is 9.60. The lowest BCUT2D eigenvalue weighted by Crippen LogP contribution is -2.38. The number of nitrogens with zero attached hydrogens (tertiary/aromatic N) is 3. The third-order valence-electron chi connectivity index (χ3n) is 4.47. The smallest absolute Gasteiger partial charge is 0.201 e. The fourth-order valence-electron chi connectivity index (χ4n) is 3.10. The summed E-state index contributed by atoms with van der Waals surface area (Å²) in [6.45, 7) is 3.36. The van der Waals surface area contributed by atoms with E-state index in [9.17, 15) is 0 Å². The third kappa shape index (κ3) is 2.12. The van der Waals surface area contributed by atoms with Crippen molar-refractivity contribution < 1.29 is 4.74 Å². The van der Waals surface area contributed by atoms with Crippen LogP contribution in [0.25, 0.3) is 11.0 Å². The Balaban J connectivity index is 2.03. The molecule has 3 rings (SSSR count). The minimum atomic E-state index is 0.415. The van der Waals surface area contributed by atoms with Crippen molar-refractivity contribution in [2.75, 3.05) is 26.4 Å². The Bertz CT molecular complexity index is 622. The van der Waals surface area contributed by atoms with Crippen LogP contribution in [-0.4, -0.2) is 41.2 Å². The summed E-state index contributed by atoms with van der Waals surface area (Å²) in [5.41, 5.74) is 8.17. The zero-order chi connectivity index (χ0) is 14.3. The highest BCUT2D eigenvalue weighted by molar-refractivity contribution is 5.80. The molecule has 2 N–H and O–H groups in total.